The van der Waals surface area contributed by atoms with E-state index in [1.165, 1.54) is 0 Å². The molecule has 0 aliphatic heterocycles. The van der Waals surface area contributed by atoms with Crippen molar-refractivity contribution >= 4 is 0 Å². The van der Waals surface area contributed by atoms with Crippen LogP contribution in [0.15, 0.2) is 24.3 Å². The van der Waals surface area contributed by atoms with Crippen molar-refractivity contribution in [2.24, 2.45) is 11.8 Å². The SMILES string of the molecule is CCCOc1ccc(C(O)(C(C)C)C(CC)C(F)F)cc1. The van der Waals surface area contributed by atoms with E-state index >= 15 is 0 Å². The highest BCUT2D eigenvalue weighted by Crippen LogP contribution is 2.42. The number of halogens is 2. The molecule has 4 heteroatoms. The first-order valence-corrected chi connectivity index (χ1v) is 7.61. The van der Waals surface area contributed by atoms with Crippen LogP contribution in [0.3, 0.4) is 0 Å². The standard InChI is InChI=1S/C17H26F2O2/c1-5-11-21-14-9-7-13(8-10-14)17(20,12(3)4)15(6-2)16(18)19/h7-10,12,15-16,20H,5-6,11H2,1-4H3. The first kappa shape index (κ1) is 17.9. The quantitative estimate of drug-likeness (QED) is 0.759. The Hall–Kier alpha value is -1.16. The Kier molecular flexibility index (Phi) is 6.59. The van der Waals surface area contributed by atoms with E-state index in [1.807, 2.05) is 6.92 Å². The zero-order valence-corrected chi connectivity index (χ0v) is 13.3. The van der Waals surface area contributed by atoms with Crippen molar-refractivity contribution in [1.29, 1.82) is 0 Å². The van der Waals surface area contributed by atoms with Gasteiger partial charge in [0.2, 0.25) is 6.43 Å². The second kappa shape index (κ2) is 7.74. The lowest BCUT2D eigenvalue weighted by Crippen LogP contribution is -2.43. The summed E-state index contributed by atoms with van der Waals surface area (Å²) < 4.78 is 32.1. The molecule has 2 nitrogen and oxygen atoms in total. The fourth-order valence-corrected chi connectivity index (χ4v) is 2.70. The van der Waals surface area contributed by atoms with E-state index in [1.54, 1.807) is 45.0 Å². The maximum atomic E-state index is 13.3. The lowest BCUT2D eigenvalue weighted by Gasteiger charge is -2.39. The second-order valence-electron chi connectivity index (χ2n) is 5.70. The maximum Gasteiger partial charge on any atom is 0.244 e. The molecule has 0 aromatic heterocycles. The molecule has 2 unspecified atom stereocenters. The summed E-state index contributed by atoms with van der Waals surface area (Å²) in [6.07, 6.45) is -1.43. The molecule has 120 valence electrons. The molecule has 1 aromatic rings. The summed E-state index contributed by atoms with van der Waals surface area (Å²) in [5.74, 6) is -0.699. The monoisotopic (exact) mass is 300 g/mol. The molecule has 2 atom stereocenters. The molecule has 0 spiro atoms. The topological polar surface area (TPSA) is 29.5 Å². The van der Waals surface area contributed by atoms with Gasteiger partial charge in [0.05, 0.1) is 12.5 Å². The molecule has 0 saturated carbocycles. The normalized spacial score (nSPS) is 16.0. The van der Waals surface area contributed by atoms with Gasteiger partial charge in [-0.15, -0.1) is 0 Å². The molecular weight excluding hydrogens is 274 g/mol. The van der Waals surface area contributed by atoms with Gasteiger partial charge in [-0.1, -0.05) is 39.8 Å². The number of hydrogen-bond donors (Lipinski definition) is 1. The molecule has 0 saturated heterocycles. The van der Waals surface area contributed by atoms with Crippen LogP contribution in [0.25, 0.3) is 0 Å². The van der Waals surface area contributed by atoms with Gasteiger partial charge in [-0.05, 0) is 36.5 Å². The molecule has 21 heavy (non-hydrogen) atoms. The minimum atomic E-state index is -2.56. The van der Waals surface area contributed by atoms with E-state index in [0.29, 0.717) is 17.9 Å². The van der Waals surface area contributed by atoms with Crippen molar-refractivity contribution in [3.05, 3.63) is 29.8 Å². The largest absolute Gasteiger partial charge is 0.494 e. The van der Waals surface area contributed by atoms with Crippen molar-refractivity contribution in [3.8, 4) is 5.75 Å². The van der Waals surface area contributed by atoms with Crippen molar-refractivity contribution in [2.75, 3.05) is 6.61 Å². The van der Waals surface area contributed by atoms with E-state index in [0.717, 1.165) is 6.42 Å². The van der Waals surface area contributed by atoms with Gasteiger partial charge in [-0.3, -0.25) is 0 Å². The summed E-state index contributed by atoms with van der Waals surface area (Å²) in [6.45, 7) is 7.85. The first-order chi connectivity index (χ1) is 9.87. The van der Waals surface area contributed by atoms with Crippen molar-refractivity contribution in [3.63, 3.8) is 0 Å². The number of aliphatic hydroxyl groups is 1. The average molecular weight is 300 g/mol. The van der Waals surface area contributed by atoms with Crippen molar-refractivity contribution in [1.82, 2.24) is 0 Å². The van der Waals surface area contributed by atoms with Crippen LogP contribution in [0.1, 0.15) is 46.1 Å². The van der Waals surface area contributed by atoms with Gasteiger partial charge in [-0.2, -0.15) is 0 Å². The summed E-state index contributed by atoms with van der Waals surface area (Å²) >= 11 is 0. The maximum absolute atomic E-state index is 13.3. The lowest BCUT2D eigenvalue weighted by molar-refractivity contribution is -0.121. The molecule has 0 amide bonds. The third kappa shape index (κ3) is 3.94. The Bertz CT molecular complexity index is 417. The fourth-order valence-electron chi connectivity index (χ4n) is 2.70. The number of ether oxygens (including phenoxy) is 1. The highest BCUT2D eigenvalue weighted by molar-refractivity contribution is 5.32. The summed E-state index contributed by atoms with van der Waals surface area (Å²) in [5, 5.41) is 10.9. The number of alkyl halides is 2. The zero-order valence-electron chi connectivity index (χ0n) is 13.3. The van der Waals surface area contributed by atoms with Gasteiger partial charge in [0, 0.05) is 0 Å². The molecule has 0 aliphatic carbocycles. The Labute approximate surface area is 126 Å². The number of benzene rings is 1. The molecule has 0 bridgehead atoms. The molecule has 1 N–H and O–H groups in total. The van der Waals surface area contributed by atoms with Crippen LogP contribution < -0.4 is 4.74 Å². The van der Waals surface area contributed by atoms with Crippen LogP contribution in [0, 0.1) is 11.8 Å². The molecule has 0 aliphatic rings. The lowest BCUT2D eigenvalue weighted by atomic mass is 9.72. The molecule has 1 rings (SSSR count). The fraction of sp³-hybridized carbons (Fsp3) is 0.647. The van der Waals surface area contributed by atoms with Crippen LogP contribution in [-0.4, -0.2) is 18.1 Å². The van der Waals surface area contributed by atoms with E-state index in [9.17, 15) is 13.9 Å². The Morgan fingerprint density at radius 1 is 1.14 bits per heavy atom. The van der Waals surface area contributed by atoms with Crippen LogP contribution >= 0.6 is 0 Å². The van der Waals surface area contributed by atoms with Gasteiger partial charge in [0.1, 0.15) is 11.4 Å². The number of rotatable bonds is 8. The first-order valence-electron chi connectivity index (χ1n) is 7.61. The molecule has 0 fully saturated rings. The van der Waals surface area contributed by atoms with Crippen LogP contribution in [0.4, 0.5) is 8.78 Å². The summed E-state index contributed by atoms with van der Waals surface area (Å²) in [6, 6.07) is 6.85. The Balaban J connectivity index is 3.10. The summed E-state index contributed by atoms with van der Waals surface area (Å²) in [5.41, 5.74) is -1.01. The van der Waals surface area contributed by atoms with Gasteiger partial charge >= 0.3 is 0 Å². The van der Waals surface area contributed by atoms with Crippen LogP contribution in [0.5, 0.6) is 5.75 Å². The average Bonchev–Trinajstić information content (AvgIpc) is 2.45. The third-order valence-electron chi connectivity index (χ3n) is 3.98. The van der Waals surface area contributed by atoms with Crippen molar-refractivity contribution < 1.29 is 18.6 Å². The van der Waals surface area contributed by atoms with Crippen molar-refractivity contribution in [2.45, 2.75) is 52.6 Å². The number of hydrogen-bond acceptors (Lipinski definition) is 2. The van der Waals surface area contributed by atoms with Gasteiger partial charge < -0.3 is 9.84 Å². The highest BCUT2D eigenvalue weighted by Gasteiger charge is 2.45. The van der Waals surface area contributed by atoms with Crippen LogP contribution in [-0.2, 0) is 5.60 Å². The molecule has 1 aromatic carbocycles. The van der Waals surface area contributed by atoms with Gasteiger partial charge in [0.25, 0.3) is 0 Å². The third-order valence-corrected chi connectivity index (χ3v) is 3.98. The van der Waals surface area contributed by atoms with E-state index in [-0.39, 0.29) is 12.3 Å². The van der Waals surface area contributed by atoms with E-state index in [2.05, 4.69) is 0 Å². The highest BCUT2D eigenvalue weighted by atomic mass is 19.3. The van der Waals surface area contributed by atoms with E-state index < -0.39 is 17.9 Å². The summed E-state index contributed by atoms with van der Waals surface area (Å²) in [7, 11) is 0. The summed E-state index contributed by atoms with van der Waals surface area (Å²) in [4.78, 5) is 0. The second-order valence-corrected chi connectivity index (χ2v) is 5.70. The zero-order chi connectivity index (χ0) is 16.0. The van der Waals surface area contributed by atoms with E-state index in [4.69, 9.17) is 4.74 Å². The smallest absolute Gasteiger partial charge is 0.244 e. The predicted octanol–water partition coefficient (Wildman–Crippen LogP) is 4.61. The Morgan fingerprint density at radius 3 is 2.10 bits per heavy atom. The molecule has 0 radical (unpaired) electrons. The Morgan fingerprint density at radius 2 is 1.71 bits per heavy atom. The minimum absolute atomic E-state index is 0.223. The predicted molar refractivity (Wildman–Crippen MR) is 80.7 cm³/mol. The molecule has 0 heterocycles. The van der Waals surface area contributed by atoms with Gasteiger partial charge in [0.15, 0.2) is 0 Å². The minimum Gasteiger partial charge on any atom is -0.494 e. The van der Waals surface area contributed by atoms with Crippen LogP contribution in [0.2, 0.25) is 0 Å². The van der Waals surface area contributed by atoms with Gasteiger partial charge in [-0.25, -0.2) is 8.78 Å². The molecular formula is C17H26F2O2.